The molecule has 1 unspecified atom stereocenters. The highest BCUT2D eigenvalue weighted by Crippen LogP contribution is 2.37. The molecule has 0 saturated carbocycles. The van der Waals surface area contributed by atoms with Crippen LogP contribution in [0.4, 0.5) is 5.69 Å². The van der Waals surface area contributed by atoms with Crippen molar-refractivity contribution in [1.29, 1.82) is 0 Å². The molecule has 0 aliphatic carbocycles. The standard InChI is InChI=1S/C23H23N3O2S/c27-21(11-12-22(28)26-15-13-16-6-1-3-8-18(16)26)25-14-5-9-19(25)23-24-17-7-2-4-10-20(17)29-23/h1-4,6-8,10,19H,5,9,11-15H2. The molecule has 2 aromatic carbocycles. The summed E-state index contributed by atoms with van der Waals surface area (Å²) < 4.78 is 1.16. The van der Waals surface area contributed by atoms with Gasteiger partial charge in [-0.15, -0.1) is 11.3 Å². The lowest BCUT2D eigenvalue weighted by Gasteiger charge is -2.24. The number of aromatic nitrogens is 1. The zero-order valence-electron chi connectivity index (χ0n) is 16.2. The highest BCUT2D eigenvalue weighted by Gasteiger charge is 2.33. The van der Waals surface area contributed by atoms with Gasteiger partial charge >= 0.3 is 0 Å². The first-order chi connectivity index (χ1) is 14.2. The summed E-state index contributed by atoms with van der Waals surface area (Å²) in [7, 11) is 0. The molecule has 0 radical (unpaired) electrons. The summed E-state index contributed by atoms with van der Waals surface area (Å²) in [5.74, 6) is 0.103. The number of carbonyl (C=O) groups excluding carboxylic acids is 2. The number of likely N-dealkylation sites (tertiary alicyclic amines) is 1. The van der Waals surface area contributed by atoms with E-state index in [-0.39, 0.29) is 30.7 Å². The smallest absolute Gasteiger partial charge is 0.227 e. The van der Waals surface area contributed by atoms with E-state index in [2.05, 4.69) is 12.1 Å². The van der Waals surface area contributed by atoms with Crippen LogP contribution in [0.1, 0.15) is 42.3 Å². The van der Waals surface area contributed by atoms with Crippen molar-refractivity contribution in [3.63, 3.8) is 0 Å². The second-order valence-electron chi connectivity index (χ2n) is 7.69. The minimum atomic E-state index is 0.0408. The molecule has 0 spiro atoms. The van der Waals surface area contributed by atoms with Crippen molar-refractivity contribution in [3.05, 3.63) is 59.1 Å². The van der Waals surface area contributed by atoms with Crippen molar-refractivity contribution < 1.29 is 9.59 Å². The molecule has 1 saturated heterocycles. The number of amides is 2. The van der Waals surface area contributed by atoms with Crippen LogP contribution in [0.2, 0.25) is 0 Å². The Hall–Kier alpha value is -2.73. The Bertz CT molecular complexity index is 1040. The van der Waals surface area contributed by atoms with Gasteiger partial charge in [0.1, 0.15) is 5.01 Å². The number of para-hydroxylation sites is 2. The summed E-state index contributed by atoms with van der Waals surface area (Å²) in [6.45, 7) is 1.46. The maximum absolute atomic E-state index is 12.9. The van der Waals surface area contributed by atoms with E-state index in [1.165, 1.54) is 5.56 Å². The van der Waals surface area contributed by atoms with Crippen molar-refractivity contribution in [3.8, 4) is 0 Å². The SMILES string of the molecule is O=C(CCC(=O)N1CCCC1c1nc2ccccc2s1)N1CCc2ccccc21. The van der Waals surface area contributed by atoms with Gasteiger partial charge in [0.15, 0.2) is 0 Å². The first kappa shape index (κ1) is 18.3. The van der Waals surface area contributed by atoms with E-state index >= 15 is 0 Å². The topological polar surface area (TPSA) is 53.5 Å². The van der Waals surface area contributed by atoms with E-state index in [0.717, 1.165) is 46.7 Å². The van der Waals surface area contributed by atoms with Crippen molar-refractivity contribution >= 4 is 39.1 Å². The molecular weight excluding hydrogens is 382 g/mol. The maximum Gasteiger partial charge on any atom is 0.227 e. The average molecular weight is 406 g/mol. The third kappa shape index (κ3) is 3.42. The highest BCUT2D eigenvalue weighted by molar-refractivity contribution is 7.18. The number of benzene rings is 2. The zero-order valence-corrected chi connectivity index (χ0v) is 17.0. The Balaban J connectivity index is 1.25. The minimum absolute atomic E-state index is 0.0408. The van der Waals surface area contributed by atoms with Gasteiger partial charge in [-0.05, 0) is 43.0 Å². The molecule has 3 heterocycles. The Kier molecular flexibility index (Phi) is 4.79. The van der Waals surface area contributed by atoms with Crippen LogP contribution in [0.5, 0.6) is 0 Å². The number of carbonyl (C=O) groups is 2. The molecule has 3 aromatic rings. The van der Waals surface area contributed by atoms with Crippen molar-refractivity contribution in [2.24, 2.45) is 0 Å². The van der Waals surface area contributed by atoms with Crippen LogP contribution >= 0.6 is 11.3 Å². The monoisotopic (exact) mass is 405 g/mol. The van der Waals surface area contributed by atoms with Crippen molar-refractivity contribution in [2.75, 3.05) is 18.0 Å². The van der Waals surface area contributed by atoms with Crippen molar-refractivity contribution in [2.45, 2.75) is 38.1 Å². The maximum atomic E-state index is 12.9. The Morgan fingerprint density at radius 1 is 1.00 bits per heavy atom. The molecule has 2 aliphatic rings. The van der Waals surface area contributed by atoms with Crippen molar-refractivity contribution in [1.82, 2.24) is 9.88 Å². The zero-order chi connectivity index (χ0) is 19.8. The van der Waals surface area contributed by atoms with E-state index in [4.69, 9.17) is 4.98 Å². The molecular formula is C23H23N3O2S. The molecule has 6 heteroatoms. The van der Waals surface area contributed by atoms with Gasteiger partial charge in [0.2, 0.25) is 11.8 Å². The van der Waals surface area contributed by atoms with Gasteiger partial charge in [0.25, 0.3) is 0 Å². The summed E-state index contributed by atoms with van der Waals surface area (Å²) in [5.41, 5.74) is 3.20. The number of hydrogen-bond donors (Lipinski definition) is 0. The lowest BCUT2D eigenvalue weighted by Crippen LogP contribution is -2.33. The van der Waals surface area contributed by atoms with E-state index in [0.29, 0.717) is 6.54 Å². The number of rotatable bonds is 4. The summed E-state index contributed by atoms with van der Waals surface area (Å²) in [4.78, 5) is 34.2. The predicted molar refractivity (Wildman–Crippen MR) is 115 cm³/mol. The predicted octanol–water partition coefficient (Wildman–Crippen LogP) is 4.33. The Morgan fingerprint density at radius 2 is 1.79 bits per heavy atom. The third-order valence-electron chi connectivity index (χ3n) is 5.91. The summed E-state index contributed by atoms with van der Waals surface area (Å²) in [6, 6.07) is 16.2. The summed E-state index contributed by atoms with van der Waals surface area (Å²) >= 11 is 1.67. The molecule has 0 bridgehead atoms. The average Bonchev–Trinajstić information content (AvgIpc) is 3.48. The van der Waals surface area contributed by atoms with Gasteiger partial charge in [-0.3, -0.25) is 9.59 Å². The molecule has 2 amide bonds. The van der Waals surface area contributed by atoms with Gasteiger partial charge < -0.3 is 9.80 Å². The van der Waals surface area contributed by atoms with Gasteiger partial charge in [0.05, 0.1) is 16.3 Å². The van der Waals surface area contributed by atoms with Gasteiger partial charge in [-0.1, -0.05) is 30.3 Å². The quantitative estimate of drug-likeness (QED) is 0.649. The van der Waals surface area contributed by atoms with Crippen LogP contribution in [-0.4, -0.2) is 34.8 Å². The number of fused-ring (bicyclic) bond motifs is 2. The molecule has 1 fully saturated rings. The van der Waals surface area contributed by atoms with Gasteiger partial charge in [0, 0.05) is 31.6 Å². The first-order valence-corrected chi connectivity index (χ1v) is 11.1. The fraction of sp³-hybridized carbons (Fsp3) is 0.348. The highest BCUT2D eigenvalue weighted by atomic mass is 32.1. The van der Waals surface area contributed by atoms with Crippen LogP contribution in [0.25, 0.3) is 10.2 Å². The number of anilines is 1. The number of hydrogen-bond acceptors (Lipinski definition) is 4. The molecule has 1 aromatic heterocycles. The number of thiazole rings is 1. The molecule has 29 heavy (non-hydrogen) atoms. The largest absolute Gasteiger partial charge is 0.333 e. The lowest BCUT2D eigenvalue weighted by molar-refractivity contribution is -0.134. The van der Waals surface area contributed by atoms with Gasteiger partial charge in [-0.25, -0.2) is 4.98 Å². The molecule has 2 aliphatic heterocycles. The Labute approximate surface area is 174 Å². The van der Waals surface area contributed by atoms with Crippen LogP contribution in [-0.2, 0) is 16.0 Å². The van der Waals surface area contributed by atoms with E-state index < -0.39 is 0 Å². The first-order valence-electron chi connectivity index (χ1n) is 10.2. The Morgan fingerprint density at radius 3 is 2.69 bits per heavy atom. The fourth-order valence-corrected chi connectivity index (χ4v) is 5.56. The third-order valence-corrected chi connectivity index (χ3v) is 7.05. The molecule has 1 atom stereocenters. The van der Waals surface area contributed by atoms with E-state index in [9.17, 15) is 9.59 Å². The molecule has 5 nitrogen and oxygen atoms in total. The minimum Gasteiger partial charge on any atom is -0.333 e. The number of nitrogens with zero attached hydrogens (tertiary/aromatic N) is 3. The summed E-state index contributed by atoms with van der Waals surface area (Å²) in [5, 5.41) is 1.01. The van der Waals surface area contributed by atoms with Crippen LogP contribution in [0.15, 0.2) is 48.5 Å². The fourth-order valence-electron chi connectivity index (χ4n) is 4.44. The molecule has 0 N–H and O–H groups in total. The second kappa shape index (κ2) is 7.59. The second-order valence-corrected chi connectivity index (χ2v) is 8.75. The van der Waals surface area contributed by atoms with Gasteiger partial charge in [-0.2, -0.15) is 0 Å². The normalized spacial score (nSPS) is 18.4. The molecule has 5 rings (SSSR count). The van der Waals surface area contributed by atoms with Crippen LogP contribution < -0.4 is 4.90 Å². The van der Waals surface area contributed by atoms with E-state index in [1.54, 1.807) is 11.3 Å². The summed E-state index contributed by atoms with van der Waals surface area (Å²) in [6.07, 6.45) is 3.34. The van der Waals surface area contributed by atoms with E-state index in [1.807, 2.05) is 46.2 Å². The van der Waals surface area contributed by atoms with Crippen LogP contribution in [0.3, 0.4) is 0 Å². The lowest BCUT2D eigenvalue weighted by atomic mass is 10.2. The molecule has 148 valence electrons. The van der Waals surface area contributed by atoms with Crippen LogP contribution in [0, 0.1) is 0 Å².